The minimum Gasteiger partial charge on any atom is -0.486 e. The maximum Gasteiger partial charge on any atom is 0.287 e. The van der Waals surface area contributed by atoms with Gasteiger partial charge in [-0.1, -0.05) is 45.9 Å². The van der Waals surface area contributed by atoms with Crippen molar-refractivity contribution in [2.45, 2.75) is 53.2 Å². The van der Waals surface area contributed by atoms with Crippen LogP contribution in [0.5, 0.6) is 5.75 Å². The maximum atomic E-state index is 13.7. The van der Waals surface area contributed by atoms with Gasteiger partial charge in [0.1, 0.15) is 23.9 Å². The third-order valence-corrected chi connectivity index (χ3v) is 6.37. The Labute approximate surface area is 217 Å². The zero-order valence-electron chi connectivity index (χ0n) is 21.9. The summed E-state index contributed by atoms with van der Waals surface area (Å²) < 4.78 is 25.4. The van der Waals surface area contributed by atoms with Crippen molar-refractivity contribution in [2.75, 3.05) is 13.1 Å². The Kier molecular flexibility index (Phi) is 8.31. The average Bonchev–Trinajstić information content (AvgIpc) is 3.34. The maximum absolute atomic E-state index is 13.7. The van der Waals surface area contributed by atoms with Gasteiger partial charge < -0.3 is 19.4 Å². The van der Waals surface area contributed by atoms with Crippen molar-refractivity contribution >= 4 is 11.8 Å². The highest BCUT2D eigenvalue weighted by molar-refractivity contribution is 5.91. The molecule has 6 nitrogen and oxygen atoms in total. The number of ether oxygens (including phenoxy) is 1. The number of benzene rings is 2. The van der Waals surface area contributed by atoms with Crippen LogP contribution < -0.4 is 10.1 Å². The molecule has 1 N–H and O–H groups in total. The molecule has 1 aliphatic heterocycles. The summed E-state index contributed by atoms with van der Waals surface area (Å²) in [5, 5.41) is 2.84. The molecule has 0 spiro atoms. The number of carbonyl (C=O) groups is 2. The second-order valence-electron chi connectivity index (χ2n) is 10.4. The van der Waals surface area contributed by atoms with Gasteiger partial charge in [-0.3, -0.25) is 9.59 Å². The lowest BCUT2D eigenvalue weighted by molar-refractivity contribution is -0.134. The SMILES string of the molecule is CC(C)CNC(=O)c1ccc(COc2ccc3c(c2)[C@H](c2ccc(F)cc2)N(C(=O)CC(C)C)CC3)o1. The summed E-state index contributed by atoms with van der Waals surface area (Å²) in [6.07, 6.45) is 1.19. The molecular weight excluding hydrogens is 471 g/mol. The van der Waals surface area contributed by atoms with Gasteiger partial charge in [-0.25, -0.2) is 4.39 Å². The second kappa shape index (κ2) is 11.6. The van der Waals surface area contributed by atoms with Gasteiger partial charge in [-0.2, -0.15) is 0 Å². The van der Waals surface area contributed by atoms with E-state index in [0.717, 1.165) is 23.1 Å². The molecule has 0 saturated heterocycles. The van der Waals surface area contributed by atoms with Crippen LogP contribution in [0.3, 0.4) is 0 Å². The number of fused-ring (bicyclic) bond motifs is 1. The molecule has 4 rings (SSSR count). The number of furan rings is 1. The van der Waals surface area contributed by atoms with E-state index >= 15 is 0 Å². The average molecular weight is 507 g/mol. The van der Waals surface area contributed by atoms with Gasteiger partial charge in [0, 0.05) is 19.5 Å². The normalized spacial score (nSPS) is 15.1. The van der Waals surface area contributed by atoms with E-state index in [9.17, 15) is 14.0 Å². The minimum absolute atomic E-state index is 0.0835. The summed E-state index contributed by atoms with van der Waals surface area (Å²) >= 11 is 0. The third-order valence-electron chi connectivity index (χ3n) is 6.37. The molecule has 3 aromatic rings. The monoisotopic (exact) mass is 506 g/mol. The molecule has 0 unspecified atom stereocenters. The van der Waals surface area contributed by atoms with E-state index in [1.54, 1.807) is 24.3 Å². The van der Waals surface area contributed by atoms with E-state index in [4.69, 9.17) is 9.15 Å². The Morgan fingerprint density at radius 3 is 2.51 bits per heavy atom. The Hall–Kier alpha value is -3.61. The number of nitrogens with one attached hydrogen (secondary N) is 1. The van der Waals surface area contributed by atoms with Gasteiger partial charge >= 0.3 is 0 Å². The fraction of sp³-hybridized carbons (Fsp3) is 0.400. The first-order chi connectivity index (χ1) is 17.7. The third kappa shape index (κ3) is 6.59. The lowest BCUT2D eigenvalue weighted by Gasteiger charge is -2.38. The van der Waals surface area contributed by atoms with Crippen LogP contribution >= 0.6 is 0 Å². The van der Waals surface area contributed by atoms with Crippen LogP contribution in [0.2, 0.25) is 0 Å². The molecular formula is C30H35FN2O4. The molecule has 0 aliphatic carbocycles. The molecule has 1 aliphatic rings. The highest BCUT2D eigenvalue weighted by Gasteiger charge is 2.32. The summed E-state index contributed by atoms with van der Waals surface area (Å²) in [4.78, 5) is 27.3. The van der Waals surface area contributed by atoms with Crippen molar-refractivity contribution < 1.29 is 23.1 Å². The van der Waals surface area contributed by atoms with E-state index in [2.05, 4.69) is 5.32 Å². The number of halogens is 1. The number of hydrogen-bond acceptors (Lipinski definition) is 4. The highest BCUT2D eigenvalue weighted by atomic mass is 19.1. The zero-order valence-corrected chi connectivity index (χ0v) is 21.9. The van der Waals surface area contributed by atoms with Crippen molar-refractivity contribution in [3.05, 3.63) is 88.6 Å². The van der Waals surface area contributed by atoms with Gasteiger partial charge in [-0.15, -0.1) is 0 Å². The summed E-state index contributed by atoms with van der Waals surface area (Å²) in [7, 11) is 0. The molecule has 37 heavy (non-hydrogen) atoms. The molecule has 0 bridgehead atoms. The Bertz CT molecular complexity index is 1230. The number of amides is 2. The quantitative estimate of drug-likeness (QED) is 0.392. The molecule has 7 heteroatoms. The van der Waals surface area contributed by atoms with E-state index in [0.29, 0.717) is 36.9 Å². The molecule has 2 heterocycles. The zero-order chi connectivity index (χ0) is 26.5. The highest BCUT2D eigenvalue weighted by Crippen LogP contribution is 2.38. The summed E-state index contributed by atoms with van der Waals surface area (Å²) in [6, 6.07) is 15.3. The van der Waals surface area contributed by atoms with Gasteiger partial charge in [0.15, 0.2) is 5.76 Å². The van der Waals surface area contributed by atoms with E-state index in [-0.39, 0.29) is 42.0 Å². The van der Waals surface area contributed by atoms with Crippen molar-refractivity contribution in [3.8, 4) is 5.75 Å². The van der Waals surface area contributed by atoms with Crippen LogP contribution in [0.25, 0.3) is 0 Å². The molecule has 1 aromatic heterocycles. The standard InChI is InChI=1S/C30H35FN2O4/c1-19(2)15-28(34)33-14-13-21-7-10-24(16-26(21)29(33)22-5-8-23(31)9-6-22)36-18-25-11-12-27(37-25)30(35)32-17-20(3)4/h5-12,16,19-20,29H,13-15,17-18H2,1-4H3,(H,32,35)/t29-/m0/s1. The van der Waals surface area contributed by atoms with E-state index in [1.807, 2.05) is 50.8 Å². The Morgan fingerprint density at radius 1 is 1.05 bits per heavy atom. The predicted molar refractivity (Wildman–Crippen MR) is 140 cm³/mol. The van der Waals surface area contributed by atoms with Crippen molar-refractivity contribution in [2.24, 2.45) is 11.8 Å². The number of hydrogen-bond donors (Lipinski definition) is 1. The largest absolute Gasteiger partial charge is 0.486 e. The van der Waals surface area contributed by atoms with Gasteiger partial charge in [0.2, 0.25) is 5.91 Å². The van der Waals surface area contributed by atoms with Crippen LogP contribution in [-0.2, 0) is 17.8 Å². The van der Waals surface area contributed by atoms with Crippen LogP contribution in [0.4, 0.5) is 4.39 Å². The first-order valence-electron chi connectivity index (χ1n) is 12.9. The van der Waals surface area contributed by atoms with Gasteiger partial charge in [0.25, 0.3) is 5.91 Å². The smallest absolute Gasteiger partial charge is 0.287 e. The lowest BCUT2D eigenvalue weighted by atomic mass is 9.87. The summed E-state index contributed by atoms with van der Waals surface area (Å²) in [5.41, 5.74) is 2.97. The first kappa shape index (κ1) is 26.5. The molecule has 2 amide bonds. The predicted octanol–water partition coefficient (Wildman–Crippen LogP) is 5.90. The fourth-order valence-corrected chi connectivity index (χ4v) is 4.54. The first-order valence-corrected chi connectivity index (χ1v) is 12.9. The van der Waals surface area contributed by atoms with Crippen molar-refractivity contribution in [1.29, 1.82) is 0 Å². The minimum atomic E-state index is -0.320. The van der Waals surface area contributed by atoms with Crippen LogP contribution in [0, 0.1) is 17.7 Å². The van der Waals surface area contributed by atoms with E-state index < -0.39 is 0 Å². The lowest BCUT2D eigenvalue weighted by Crippen LogP contribution is -2.41. The Morgan fingerprint density at radius 2 is 1.81 bits per heavy atom. The number of nitrogens with zero attached hydrogens (tertiary/aromatic N) is 1. The molecule has 0 saturated carbocycles. The second-order valence-corrected chi connectivity index (χ2v) is 10.4. The molecule has 196 valence electrons. The molecule has 1 atom stereocenters. The van der Waals surface area contributed by atoms with Crippen LogP contribution in [0.1, 0.15) is 73.2 Å². The van der Waals surface area contributed by atoms with Gasteiger partial charge in [0.05, 0.1) is 6.04 Å². The summed E-state index contributed by atoms with van der Waals surface area (Å²) in [5.74, 6) is 1.53. The van der Waals surface area contributed by atoms with Gasteiger partial charge in [-0.05, 0) is 71.3 Å². The topological polar surface area (TPSA) is 71.8 Å². The van der Waals surface area contributed by atoms with Crippen LogP contribution in [-0.4, -0.2) is 29.8 Å². The molecule has 0 radical (unpaired) electrons. The number of rotatable bonds is 9. The van der Waals surface area contributed by atoms with Crippen molar-refractivity contribution in [3.63, 3.8) is 0 Å². The summed E-state index contributed by atoms with van der Waals surface area (Å²) in [6.45, 7) is 9.46. The number of carbonyl (C=O) groups excluding carboxylic acids is 2. The molecule has 2 aromatic carbocycles. The van der Waals surface area contributed by atoms with E-state index in [1.165, 1.54) is 12.1 Å². The van der Waals surface area contributed by atoms with Crippen LogP contribution in [0.15, 0.2) is 59.0 Å². The fourth-order valence-electron chi connectivity index (χ4n) is 4.54. The molecule has 0 fully saturated rings. The Balaban J connectivity index is 1.54. The van der Waals surface area contributed by atoms with Crippen molar-refractivity contribution in [1.82, 2.24) is 10.2 Å².